The Morgan fingerprint density at radius 1 is 1.14 bits per heavy atom. The minimum absolute atomic E-state index is 0.0301. The Morgan fingerprint density at radius 3 is 2.64 bits per heavy atom. The first kappa shape index (κ1) is 16.4. The molecule has 0 fully saturated rings. The number of benzene rings is 2. The lowest BCUT2D eigenvalue weighted by Crippen LogP contribution is -2.22. The van der Waals surface area contributed by atoms with Gasteiger partial charge >= 0.3 is 0 Å². The Labute approximate surface area is 132 Å². The zero-order chi connectivity index (χ0) is 15.9. The van der Waals surface area contributed by atoms with Crippen molar-refractivity contribution >= 4 is 23.2 Å². The van der Waals surface area contributed by atoms with E-state index in [1.54, 1.807) is 6.07 Å². The number of anilines is 1. The molecule has 2 N–H and O–H groups in total. The highest BCUT2D eigenvalue weighted by molar-refractivity contribution is 6.31. The fourth-order valence-electron chi connectivity index (χ4n) is 1.87. The fourth-order valence-corrected chi connectivity index (χ4v) is 2.07. The molecule has 0 saturated carbocycles. The van der Waals surface area contributed by atoms with Crippen LogP contribution in [-0.2, 0) is 11.3 Å². The van der Waals surface area contributed by atoms with Crippen LogP contribution in [0.15, 0.2) is 42.5 Å². The number of hydrogen-bond donors (Lipinski definition) is 2. The highest BCUT2D eigenvalue weighted by Crippen LogP contribution is 2.15. The van der Waals surface area contributed by atoms with Crippen molar-refractivity contribution in [2.75, 3.05) is 11.9 Å². The summed E-state index contributed by atoms with van der Waals surface area (Å²) in [6, 6.07) is 10.4. The zero-order valence-electron chi connectivity index (χ0n) is 11.7. The average molecular weight is 325 g/mol. The molecule has 0 saturated heterocycles. The largest absolute Gasteiger partial charge is 0.324 e. The van der Waals surface area contributed by atoms with Gasteiger partial charge in [-0.1, -0.05) is 29.8 Å². The van der Waals surface area contributed by atoms with Crippen LogP contribution in [0, 0.1) is 11.6 Å². The van der Waals surface area contributed by atoms with Gasteiger partial charge in [-0.2, -0.15) is 0 Å². The van der Waals surface area contributed by atoms with E-state index in [0.29, 0.717) is 18.1 Å². The van der Waals surface area contributed by atoms with Crippen LogP contribution in [0.25, 0.3) is 0 Å². The molecule has 2 aromatic carbocycles. The SMILES string of the molecule is O=C(CCNCc1ccccc1Cl)Nc1ccc(F)cc1F. The maximum absolute atomic E-state index is 13.4. The van der Waals surface area contributed by atoms with E-state index in [1.165, 1.54) is 6.07 Å². The normalized spacial score (nSPS) is 10.5. The number of rotatable bonds is 6. The van der Waals surface area contributed by atoms with Gasteiger partial charge in [-0.05, 0) is 23.8 Å². The van der Waals surface area contributed by atoms with Crippen LogP contribution in [0.5, 0.6) is 0 Å². The third-order valence-corrected chi connectivity index (χ3v) is 3.38. The van der Waals surface area contributed by atoms with Gasteiger partial charge in [0.2, 0.25) is 5.91 Å². The van der Waals surface area contributed by atoms with E-state index in [1.807, 2.05) is 18.2 Å². The van der Waals surface area contributed by atoms with Gasteiger partial charge in [0.15, 0.2) is 0 Å². The molecule has 22 heavy (non-hydrogen) atoms. The molecular weight excluding hydrogens is 310 g/mol. The molecule has 0 unspecified atom stereocenters. The average Bonchev–Trinajstić information content (AvgIpc) is 2.48. The van der Waals surface area contributed by atoms with Crippen LogP contribution in [0.2, 0.25) is 5.02 Å². The van der Waals surface area contributed by atoms with E-state index in [0.717, 1.165) is 17.7 Å². The molecule has 0 radical (unpaired) electrons. The minimum atomic E-state index is -0.794. The Kier molecular flexibility index (Phi) is 5.86. The van der Waals surface area contributed by atoms with Crippen molar-refractivity contribution in [1.29, 1.82) is 0 Å². The summed E-state index contributed by atoms with van der Waals surface area (Å²) in [6.07, 6.45) is 0.168. The summed E-state index contributed by atoms with van der Waals surface area (Å²) in [4.78, 5) is 11.7. The van der Waals surface area contributed by atoms with Crippen molar-refractivity contribution in [3.63, 3.8) is 0 Å². The maximum Gasteiger partial charge on any atom is 0.225 e. The van der Waals surface area contributed by atoms with Gasteiger partial charge in [0.25, 0.3) is 0 Å². The summed E-state index contributed by atoms with van der Waals surface area (Å²) in [5, 5.41) is 6.14. The number of amides is 1. The molecule has 2 aromatic rings. The molecule has 0 bridgehead atoms. The second kappa shape index (κ2) is 7.87. The molecule has 0 spiro atoms. The fraction of sp³-hybridized carbons (Fsp3) is 0.188. The molecule has 2 rings (SSSR count). The number of halogens is 3. The van der Waals surface area contributed by atoms with Crippen molar-refractivity contribution in [3.05, 3.63) is 64.7 Å². The lowest BCUT2D eigenvalue weighted by Gasteiger charge is -2.08. The molecule has 0 aliphatic carbocycles. The zero-order valence-corrected chi connectivity index (χ0v) is 12.5. The summed E-state index contributed by atoms with van der Waals surface area (Å²) in [5.74, 6) is -1.83. The molecule has 0 aromatic heterocycles. The minimum Gasteiger partial charge on any atom is -0.324 e. The van der Waals surface area contributed by atoms with Crippen LogP contribution in [0.4, 0.5) is 14.5 Å². The summed E-state index contributed by atoms with van der Waals surface area (Å²) in [5.41, 5.74) is 0.909. The lowest BCUT2D eigenvalue weighted by atomic mass is 10.2. The van der Waals surface area contributed by atoms with Crippen LogP contribution in [-0.4, -0.2) is 12.5 Å². The van der Waals surface area contributed by atoms with Crippen LogP contribution in [0.3, 0.4) is 0 Å². The van der Waals surface area contributed by atoms with Crippen LogP contribution < -0.4 is 10.6 Å². The molecule has 0 atom stereocenters. The summed E-state index contributed by atoms with van der Waals surface area (Å²) in [7, 11) is 0. The number of carbonyl (C=O) groups is 1. The smallest absolute Gasteiger partial charge is 0.225 e. The van der Waals surface area contributed by atoms with Gasteiger partial charge in [0.1, 0.15) is 11.6 Å². The third-order valence-electron chi connectivity index (χ3n) is 3.01. The predicted octanol–water partition coefficient (Wildman–Crippen LogP) is 3.74. The lowest BCUT2D eigenvalue weighted by molar-refractivity contribution is -0.116. The van der Waals surface area contributed by atoms with Gasteiger partial charge in [0.05, 0.1) is 5.69 Å². The Hall–Kier alpha value is -1.98. The van der Waals surface area contributed by atoms with E-state index in [4.69, 9.17) is 11.6 Å². The quantitative estimate of drug-likeness (QED) is 0.795. The standard InChI is InChI=1S/C16H15ClF2N2O/c17-13-4-2-1-3-11(13)10-20-8-7-16(22)21-15-6-5-12(18)9-14(15)19/h1-6,9,20H,7-8,10H2,(H,21,22). The van der Waals surface area contributed by atoms with E-state index < -0.39 is 11.6 Å². The first-order chi connectivity index (χ1) is 10.6. The Bertz CT molecular complexity index is 664. The number of carbonyl (C=O) groups excluding carboxylic acids is 1. The Balaban J connectivity index is 1.75. The van der Waals surface area contributed by atoms with E-state index in [9.17, 15) is 13.6 Å². The first-order valence-electron chi connectivity index (χ1n) is 6.75. The highest BCUT2D eigenvalue weighted by atomic mass is 35.5. The molecule has 0 aliphatic heterocycles. The molecule has 3 nitrogen and oxygen atoms in total. The van der Waals surface area contributed by atoms with Crippen LogP contribution >= 0.6 is 11.6 Å². The monoisotopic (exact) mass is 324 g/mol. The summed E-state index contributed by atoms with van der Waals surface area (Å²) < 4.78 is 26.1. The van der Waals surface area contributed by atoms with Gasteiger partial charge < -0.3 is 10.6 Å². The topological polar surface area (TPSA) is 41.1 Å². The molecule has 6 heteroatoms. The summed E-state index contributed by atoms with van der Waals surface area (Å²) in [6.45, 7) is 0.956. The van der Waals surface area contributed by atoms with Gasteiger partial charge in [-0.15, -0.1) is 0 Å². The molecule has 116 valence electrons. The molecule has 1 amide bonds. The molecular formula is C16H15ClF2N2O. The van der Waals surface area contributed by atoms with E-state index >= 15 is 0 Å². The number of hydrogen-bond acceptors (Lipinski definition) is 2. The van der Waals surface area contributed by atoms with Crippen molar-refractivity contribution in [2.45, 2.75) is 13.0 Å². The predicted molar refractivity (Wildman–Crippen MR) is 82.8 cm³/mol. The Morgan fingerprint density at radius 2 is 1.91 bits per heavy atom. The van der Waals surface area contributed by atoms with Gasteiger partial charge in [-0.25, -0.2) is 8.78 Å². The van der Waals surface area contributed by atoms with Gasteiger partial charge in [-0.3, -0.25) is 4.79 Å². The van der Waals surface area contributed by atoms with E-state index in [2.05, 4.69) is 10.6 Å². The molecule has 0 heterocycles. The highest BCUT2D eigenvalue weighted by Gasteiger charge is 2.08. The van der Waals surface area contributed by atoms with Crippen LogP contribution in [0.1, 0.15) is 12.0 Å². The third kappa shape index (κ3) is 4.79. The maximum atomic E-state index is 13.4. The second-order valence-corrected chi connectivity index (χ2v) is 5.10. The van der Waals surface area contributed by atoms with Crippen molar-refractivity contribution < 1.29 is 13.6 Å². The first-order valence-corrected chi connectivity index (χ1v) is 7.13. The summed E-state index contributed by atoms with van der Waals surface area (Å²) >= 11 is 6.01. The van der Waals surface area contributed by atoms with E-state index in [-0.39, 0.29) is 18.0 Å². The number of nitrogens with one attached hydrogen (secondary N) is 2. The molecule has 0 aliphatic rings. The van der Waals surface area contributed by atoms with Crippen molar-refractivity contribution in [3.8, 4) is 0 Å². The van der Waals surface area contributed by atoms with Crippen molar-refractivity contribution in [1.82, 2.24) is 5.32 Å². The van der Waals surface area contributed by atoms with Gasteiger partial charge in [0, 0.05) is 30.6 Å². The van der Waals surface area contributed by atoms with Crippen molar-refractivity contribution in [2.24, 2.45) is 0 Å². The second-order valence-electron chi connectivity index (χ2n) is 4.69.